The van der Waals surface area contributed by atoms with Crippen LogP contribution >= 0.6 is 0 Å². The van der Waals surface area contributed by atoms with E-state index in [9.17, 15) is 28.1 Å². The van der Waals surface area contributed by atoms with E-state index in [1.165, 1.54) is 0 Å². The molecule has 1 heterocycles. The van der Waals surface area contributed by atoms with Gasteiger partial charge >= 0.3 is 17.5 Å². The lowest BCUT2D eigenvalue weighted by Crippen LogP contribution is -2.23. The number of H-pyrrole nitrogens is 1. The molecule has 0 saturated heterocycles. The summed E-state index contributed by atoms with van der Waals surface area (Å²) >= 11 is 0. The van der Waals surface area contributed by atoms with Crippen LogP contribution in [0.4, 0.5) is 18.9 Å². The van der Waals surface area contributed by atoms with Gasteiger partial charge in [0.25, 0.3) is 0 Å². The molecule has 0 unspecified atom stereocenters. The second-order valence-electron chi connectivity index (χ2n) is 2.67. The maximum Gasteiger partial charge on any atom is 0.573 e. The molecule has 0 amide bonds. The van der Waals surface area contributed by atoms with Gasteiger partial charge in [-0.05, 0) is 0 Å². The highest BCUT2D eigenvalue weighted by Crippen LogP contribution is 2.28. The van der Waals surface area contributed by atoms with Gasteiger partial charge in [0.2, 0.25) is 11.6 Å². The SMILES string of the molecule is COc1[nH]cc([N+](=O)[O-])c(=O)c1OC(F)(F)F. The van der Waals surface area contributed by atoms with E-state index in [-0.39, 0.29) is 0 Å². The summed E-state index contributed by atoms with van der Waals surface area (Å²) in [6.45, 7) is 0. The predicted octanol–water partition coefficient (Wildman–Crippen LogP) is 1.19. The number of ether oxygens (including phenoxy) is 2. The van der Waals surface area contributed by atoms with E-state index in [0.717, 1.165) is 7.11 Å². The number of pyridine rings is 1. The summed E-state index contributed by atoms with van der Waals surface area (Å²) in [4.78, 5) is 22.5. The molecule has 0 aliphatic rings. The highest BCUT2D eigenvalue weighted by Gasteiger charge is 2.36. The van der Waals surface area contributed by atoms with Crippen LogP contribution in [0.25, 0.3) is 0 Å². The van der Waals surface area contributed by atoms with E-state index < -0.39 is 34.0 Å². The Hall–Kier alpha value is -2.26. The van der Waals surface area contributed by atoms with Crippen LogP contribution < -0.4 is 14.9 Å². The number of alkyl halides is 3. The number of aromatic nitrogens is 1. The molecule has 17 heavy (non-hydrogen) atoms. The molecule has 1 aromatic heterocycles. The molecule has 0 spiro atoms. The lowest BCUT2D eigenvalue weighted by atomic mass is 10.4. The highest BCUT2D eigenvalue weighted by atomic mass is 19.4. The number of nitro groups is 1. The molecule has 0 bridgehead atoms. The standard InChI is InChI=1S/C7H5F3N2O5/c1-16-6-5(17-7(8,9)10)4(13)3(2-11-6)12(14)15/h2H,1H3,(H,11,13). The zero-order valence-corrected chi connectivity index (χ0v) is 8.20. The van der Waals surface area contributed by atoms with Gasteiger partial charge in [0.15, 0.2) is 0 Å². The predicted molar refractivity (Wildman–Crippen MR) is 47.0 cm³/mol. The Balaban J connectivity index is 3.38. The molecule has 10 heteroatoms. The Labute approximate surface area is 90.9 Å². The third kappa shape index (κ3) is 2.86. The molecule has 0 radical (unpaired) electrons. The molecular weight excluding hydrogens is 249 g/mol. The van der Waals surface area contributed by atoms with Crippen molar-refractivity contribution >= 4 is 5.69 Å². The van der Waals surface area contributed by atoms with Gasteiger partial charge in [-0.2, -0.15) is 0 Å². The molecule has 0 aliphatic carbocycles. The molecule has 0 aliphatic heterocycles. The average Bonchev–Trinajstić information content (AvgIpc) is 2.18. The smallest absolute Gasteiger partial charge is 0.480 e. The summed E-state index contributed by atoms with van der Waals surface area (Å²) in [7, 11) is 0.973. The van der Waals surface area contributed by atoms with Crippen molar-refractivity contribution in [2.45, 2.75) is 6.36 Å². The van der Waals surface area contributed by atoms with Crippen LogP contribution in [0.3, 0.4) is 0 Å². The van der Waals surface area contributed by atoms with Crippen LogP contribution in [-0.4, -0.2) is 23.4 Å². The van der Waals surface area contributed by atoms with E-state index in [1.807, 2.05) is 4.98 Å². The van der Waals surface area contributed by atoms with Crippen molar-refractivity contribution in [1.29, 1.82) is 0 Å². The number of hydrogen-bond acceptors (Lipinski definition) is 5. The van der Waals surface area contributed by atoms with Crippen LogP contribution in [0.5, 0.6) is 11.6 Å². The third-order valence-corrected chi connectivity index (χ3v) is 1.60. The molecule has 0 atom stereocenters. The van der Waals surface area contributed by atoms with Crippen LogP contribution in [0, 0.1) is 10.1 Å². The Morgan fingerprint density at radius 2 is 2.06 bits per heavy atom. The van der Waals surface area contributed by atoms with Gasteiger partial charge in [0.05, 0.1) is 18.2 Å². The summed E-state index contributed by atoms with van der Waals surface area (Å²) in [5.41, 5.74) is -2.60. The normalized spacial score (nSPS) is 11.1. The number of rotatable bonds is 3. The molecule has 7 nitrogen and oxygen atoms in total. The first-order chi connectivity index (χ1) is 7.76. The van der Waals surface area contributed by atoms with Gasteiger partial charge in [-0.15, -0.1) is 13.2 Å². The monoisotopic (exact) mass is 254 g/mol. The zero-order valence-electron chi connectivity index (χ0n) is 8.20. The van der Waals surface area contributed by atoms with E-state index in [1.54, 1.807) is 0 Å². The van der Waals surface area contributed by atoms with Gasteiger partial charge in [0, 0.05) is 0 Å². The van der Waals surface area contributed by atoms with Crippen molar-refractivity contribution < 1.29 is 27.6 Å². The molecule has 1 N–H and O–H groups in total. The summed E-state index contributed by atoms with van der Waals surface area (Å²) in [5, 5.41) is 10.3. The number of aromatic amines is 1. The van der Waals surface area contributed by atoms with Crippen molar-refractivity contribution in [1.82, 2.24) is 4.98 Å². The van der Waals surface area contributed by atoms with E-state index in [0.29, 0.717) is 6.20 Å². The highest BCUT2D eigenvalue weighted by molar-refractivity contribution is 5.42. The first kappa shape index (κ1) is 12.8. The van der Waals surface area contributed by atoms with Crippen molar-refractivity contribution in [3.8, 4) is 11.6 Å². The number of methoxy groups -OCH3 is 1. The van der Waals surface area contributed by atoms with Gasteiger partial charge in [0.1, 0.15) is 0 Å². The van der Waals surface area contributed by atoms with Crippen LogP contribution in [0.15, 0.2) is 11.0 Å². The first-order valence-electron chi connectivity index (χ1n) is 3.96. The van der Waals surface area contributed by atoms with Crippen LogP contribution in [0.2, 0.25) is 0 Å². The van der Waals surface area contributed by atoms with E-state index in [4.69, 9.17) is 0 Å². The van der Waals surface area contributed by atoms with Gasteiger partial charge < -0.3 is 14.5 Å². The fourth-order valence-corrected chi connectivity index (χ4v) is 0.980. The summed E-state index contributed by atoms with van der Waals surface area (Å²) < 4.78 is 43.7. The van der Waals surface area contributed by atoms with Gasteiger partial charge in [-0.1, -0.05) is 0 Å². The Morgan fingerprint density at radius 3 is 2.47 bits per heavy atom. The molecule has 0 aromatic carbocycles. The van der Waals surface area contributed by atoms with Crippen molar-refractivity contribution in [2.24, 2.45) is 0 Å². The van der Waals surface area contributed by atoms with Crippen molar-refractivity contribution in [3.05, 3.63) is 26.5 Å². The van der Waals surface area contributed by atoms with Crippen molar-refractivity contribution in [2.75, 3.05) is 7.11 Å². The largest absolute Gasteiger partial charge is 0.573 e. The molecule has 1 rings (SSSR count). The molecular formula is C7H5F3N2O5. The number of nitrogens with zero attached hydrogens (tertiary/aromatic N) is 1. The Kier molecular flexibility index (Phi) is 3.25. The maximum atomic E-state index is 12.0. The number of nitrogens with one attached hydrogen (secondary N) is 1. The fraction of sp³-hybridized carbons (Fsp3) is 0.286. The minimum absolute atomic E-state index is 0.615. The summed E-state index contributed by atoms with van der Waals surface area (Å²) in [6.07, 6.45) is -4.54. The lowest BCUT2D eigenvalue weighted by molar-refractivity contribution is -0.386. The van der Waals surface area contributed by atoms with Crippen LogP contribution in [-0.2, 0) is 0 Å². The van der Waals surface area contributed by atoms with Gasteiger partial charge in [-0.3, -0.25) is 14.9 Å². The third-order valence-electron chi connectivity index (χ3n) is 1.60. The summed E-state index contributed by atoms with van der Waals surface area (Å²) in [6, 6.07) is 0. The lowest BCUT2D eigenvalue weighted by Gasteiger charge is -2.10. The second-order valence-corrected chi connectivity index (χ2v) is 2.67. The minimum atomic E-state index is -5.16. The Morgan fingerprint density at radius 1 is 1.47 bits per heavy atom. The minimum Gasteiger partial charge on any atom is -0.480 e. The Bertz CT molecular complexity index is 495. The van der Waals surface area contributed by atoms with Crippen LogP contribution in [0.1, 0.15) is 0 Å². The zero-order chi connectivity index (χ0) is 13.2. The van der Waals surface area contributed by atoms with Gasteiger partial charge in [-0.25, -0.2) is 0 Å². The first-order valence-corrected chi connectivity index (χ1v) is 3.96. The molecule has 0 saturated carbocycles. The summed E-state index contributed by atoms with van der Waals surface area (Å²) in [5.74, 6) is -1.97. The molecule has 94 valence electrons. The molecule has 1 aromatic rings. The molecule has 0 fully saturated rings. The maximum absolute atomic E-state index is 12.0. The van der Waals surface area contributed by atoms with E-state index in [2.05, 4.69) is 9.47 Å². The van der Waals surface area contributed by atoms with Crippen molar-refractivity contribution in [3.63, 3.8) is 0 Å². The topological polar surface area (TPSA) is 94.5 Å². The second kappa shape index (κ2) is 4.31. The quantitative estimate of drug-likeness (QED) is 0.645. The van der Waals surface area contributed by atoms with E-state index >= 15 is 0 Å². The number of hydrogen-bond donors (Lipinski definition) is 1. The fourth-order valence-electron chi connectivity index (χ4n) is 0.980. The number of halogens is 3. The average molecular weight is 254 g/mol.